The van der Waals surface area contributed by atoms with Crippen molar-refractivity contribution in [3.8, 4) is 0 Å². The summed E-state index contributed by atoms with van der Waals surface area (Å²) in [5.41, 5.74) is 3.09. The van der Waals surface area contributed by atoms with Crippen LogP contribution in [0.3, 0.4) is 0 Å². The highest BCUT2D eigenvalue weighted by molar-refractivity contribution is 5.53. The topological polar surface area (TPSA) is 75.0 Å². The number of halogens is 1. The molecule has 0 bridgehead atoms. The summed E-state index contributed by atoms with van der Waals surface area (Å²) >= 11 is 0. The summed E-state index contributed by atoms with van der Waals surface area (Å²) in [4.78, 5) is 18.5. The van der Waals surface area contributed by atoms with Gasteiger partial charge in [0.1, 0.15) is 17.4 Å². The predicted molar refractivity (Wildman–Crippen MR) is 88.7 cm³/mol. The number of nitrogens with one attached hydrogen (secondary N) is 1. The van der Waals surface area contributed by atoms with E-state index < -0.39 is 0 Å². The van der Waals surface area contributed by atoms with Crippen LogP contribution in [-0.2, 0) is 6.42 Å². The number of hydrogen-bond acceptors (Lipinski definition) is 5. The molecule has 8 heteroatoms. The van der Waals surface area contributed by atoms with Crippen LogP contribution in [0.15, 0.2) is 49.2 Å². The predicted octanol–water partition coefficient (Wildman–Crippen LogP) is 2.14. The molecule has 0 saturated carbocycles. The van der Waals surface area contributed by atoms with Crippen molar-refractivity contribution in [3.63, 3.8) is 0 Å². The minimum Gasteiger partial charge on any atom is -0.348 e. The molecule has 7 nitrogen and oxygen atoms in total. The van der Waals surface area contributed by atoms with Gasteiger partial charge in [0, 0.05) is 37.3 Å². The number of pyridine rings is 1. The Labute approximate surface area is 142 Å². The normalized spacial score (nSPS) is 17.0. The van der Waals surface area contributed by atoms with Gasteiger partial charge in [-0.05, 0) is 24.3 Å². The molecule has 0 unspecified atom stereocenters. The summed E-state index contributed by atoms with van der Waals surface area (Å²) in [5, 5.41) is 4.58. The van der Waals surface area contributed by atoms with E-state index in [0.717, 1.165) is 24.4 Å². The number of aromatic amines is 1. The van der Waals surface area contributed by atoms with Crippen molar-refractivity contribution >= 4 is 11.5 Å². The standard InChI is InChI=1S/C17H14FN7/c18-11-3-1-7-25-14(11)9-13(23-25)16-15-12(21-10-22-15)4-8-24(16)17-19-5-2-6-20-17/h1-3,5-7,9-10,16H,4,8H2,(H,21,22)/t16-/m0/s1. The van der Waals surface area contributed by atoms with Crippen LogP contribution in [0.5, 0.6) is 0 Å². The van der Waals surface area contributed by atoms with E-state index in [-0.39, 0.29) is 11.9 Å². The average Bonchev–Trinajstić information content (AvgIpc) is 3.29. The Morgan fingerprint density at radius 1 is 1.16 bits per heavy atom. The third kappa shape index (κ3) is 2.18. The van der Waals surface area contributed by atoms with Crippen LogP contribution >= 0.6 is 0 Å². The first kappa shape index (κ1) is 14.1. The van der Waals surface area contributed by atoms with Crippen LogP contribution in [0.4, 0.5) is 10.3 Å². The van der Waals surface area contributed by atoms with E-state index in [0.29, 0.717) is 17.2 Å². The fourth-order valence-corrected chi connectivity index (χ4v) is 3.36. The Morgan fingerprint density at radius 3 is 2.88 bits per heavy atom. The summed E-state index contributed by atoms with van der Waals surface area (Å²) in [6, 6.07) is 6.34. The van der Waals surface area contributed by atoms with Crippen molar-refractivity contribution in [1.29, 1.82) is 0 Å². The highest BCUT2D eigenvalue weighted by atomic mass is 19.1. The zero-order valence-electron chi connectivity index (χ0n) is 13.2. The molecule has 0 spiro atoms. The Morgan fingerprint density at radius 2 is 2.04 bits per heavy atom. The molecule has 1 aliphatic heterocycles. The second-order valence-corrected chi connectivity index (χ2v) is 5.92. The van der Waals surface area contributed by atoms with E-state index >= 15 is 0 Å². The lowest BCUT2D eigenvalue weighted by Gasteiger charge is -2.33. The average molecular weight is 335 g/mol. The monoisotopic (exact) mass is 335 g/mol. The molecule has 0 aromatic carbocycles. The lowest BCUT2D eigenvalue weighted by Crippen LogP contribution is -2.37. The molecular formula is C17H14FN7. The molecule has 0 fully saturated rings. The Kier molecular flexibility index (Phi) is 3.03. The zero-order valence-corrected chi connectivity index (χ0v) is 13.2. The van der Waals surface area contributed by atoms with Gasteiger partial charge in [-0.15, -0.1) is 0 Å². The Balaban J connectivity index is 1.70. The van der Waals surface area contributed by atoms with Crippen LogP contribution in [-0.4, -0.2) is 36.1 Å². The lowest BCUT2D eigenvalue weighted by atomic mass is 10.0. The number of imidazole rings is 1. The SMILES string of the molecule is Fc1cccn2nc([C@H]3c4nc[nH]c4CCN3c3ncccn3)cc12. The smallest absolute Gasteiger partial charge is 0.226 e. The van der Waals surface area contributed by atoms with Gasteiger partial charge in [0.2, 0.25) is 5.95 Å². The number of aromatic nitrogens is 6. The van der Waals surface area contributed by atoms with Crippen LogP contribution in [0.2, 0.25) is 0 Å². The molecule has 25 heavy (non-hydrogen) atoms. The number of H-pyrrole nitrogens is 1. The van der Waals surface area contributed by atoms with Crippen molar-refractivity contribution in [2.45, 2.75) is 12.5 Å². The van der Waals surface area contributed by atoms with Gasteiger partial charge in [0.15, 0.2) is 0 Å². The number of fused-ring (bicyclic) bond motifs is 2. The van der Waals surface area contributed by atoms with Gasteiger partial charge in [-0.25, -0.2) is 23.9 Å². The summed E-state index contributed by atoms with van der Waals surface area (Å²) in [6.45, 7) is 0.722. The van der Waals surface area contributed by atoms with E-state index in [4.69, 9.17) is 0 Å². The molecular weight excluding hydrogens is 321 g/mol. The first-order valence-corrected chi connectivity index (χ1v) is 8.01. The number of hydrogen-bond donors (Lipinski definition) is 1. The van der Waals surface area contributed by atoms with Crippen molar-refractivity contribution in [3.05, 3.63) is 72.1 Å². The fourth-order valence-electron chi connectivity index (χ4n) is 3.36. The van der Waals surface area contributed by atoms with E-state index in [9.17, 15) is 4.39 Å². The molecule has 1 atom stereocenters. The molecule has 0 saturated heterocycles. The van der Waals surface area contributed by atoms with Crippen molar-refractivity contribution < 1.29 is 4.39 Å². The van der Waals surface area contributed by atoms with Crippen LogP contribution in [0, 0.1) is 5.82 Å². The molecule has 5 heterocycles. The van der Waals surface area contributed by atoms with E-state index in [1.807, 2.05) is 0 Å². The van der Waals surface area contributed by atoms with E-state index in [1.165, 1.54) is 6.07 Å². The van der Waals surface area contributed by atoms with Gasteiger partial charge in [-0.1, -0.05) is 0 Å². The maximum absolute atomic E-state index is 14.1. The lowest BCUT2D eigenvalue weighted by molar-refractivity contribution is 0.601. The van der Waals surface area contributed by atoms with Gasteiger partial charge in [-0.2, -0.15) is 5.10 Å². The van der Waals surface area contributed by atoms with Gasteiger partial charge in [-0.3, -0.25) is 0 Å². The van der Waals surface area contributed by atoms with Crippen molar-refractivity contribution in [2.24, 2.45) is 0 Å². The van der Waals surface area contributed by atoms with Gasteiger partial charge in [0.05, 0.1) is 17.7 Å². The molecule has 4 aromatic rings. The molecule has 0 aliphatic carbocycles. The first-order valence-electron chi connectivity index (χ1n) is 8.01. The first-order chi connectivity index (χ1) is 12.3. The maximum Gasteiger partial charge on any atom is 0.226 e. The summed E-state index contributed by atoms with van der Waals surface area (Å²) in [6.07, 6.45) is 7.65. The molecule has 5 rings (SSSR count). The van der Waals surface area contributed by atoms with Crippen molar-refractivity contribution in [1.82, 2.24) is 29.5 Å². The largest absolute Gasteiger partial charge is 0.348 e. The maximum atomic E-state index is 14.1. The summed E-state index contributed by atoms with van der Waals surface area (Å²) in [5.74, 6) is 0.306. The Bertz CT molecular complexity index is 1040. The van der Waals surface area contributed by atoms with Crippen molar-refractivity contribution in [2.75, 3.05) is 11.4 Å². The molecule has 0 amide bonds. The van der Waals surface area contributed by atoms with Crippen LogP contribution < -0.4 is 4.90 Å². The molecule has 124 valence electrons. The fraction of sp³-hybridized carbons (Fsp3) is 0.176. The third-order valence-corrected chi connectivity index (χ3v) is 4.48. The second kappa shape index (κ2) is 5.37. The van der Waals surface area contributed by atoms with E-state index in [1.54, 1.807) is 47.6 Å². The van der Waals surface area contributed by atoms with Crippen LogP contribution in [0.1, 0.15) is 23.1 Å². The van der Waals surface area contributed by atoms with Gasteiger partial charge in [0.25, 0.3) is 0 Å². The molecule has 4 aromatic heterocycles. The van der Waals surface area contributed by atoms with Gasteiger partial charge < -0.3 is 9.88 Å². The van der Waals surface area contributed by atoms with Gasteiger partial charge >= 0.3 is 0 Å². The zero-order chi connectivity index (χ0) is 16.8. The minimum atomic E-state index is -0.304. The Hall–Kier alpha value is -3.29. The number of rotatable bonds is 2. The molecule has 0 radical (unpaired) electrons. The van der Waals surface area contributed by atoms with Crippen LogP contribution in [0.25, 0.3) is 5.52 Å². The third-order valence-electron chi connectivity index (χ3n) is 4.48. The summed E-state index contributed by atoms with van der Waals surface area (Å²) in [7, 11) is 0. The minimum absolute atomic E-state index is 0.267. The number of anilines is 1. The second-order valence-electron chi connectivity index (χ2n) is 5.92. The summed E-state index contributed by atoms with van der Waals surface area (Å²) < 4.78 is 15.7. The molecule has 1 N–H and O–H groups in total. The molecule has 1 aliphatic rings. The van der Waals surface area contributed by atoms with E-state index in [2.05, 4.69) is 29.9 Å². The highest BCUT2D eigenvalue weighted by Gasteiger charge is 2.34. The quantitative estimate of drug-likeness (QED) is 0.607. The number of nitrogens with zero attached hydrogens (tertiary/aromatic N) is 6. The highest BCUT2D eigenvalue weighted by Crippen LogP contribution is 2.35.